The van der Waals surface area contributed by atoms with Gasteiger partial charge in [0.2, 0.25) is 11.8 Å². The molecule has 0 saturated carbocycles. The van der Waals surface area contributed by atoms with Crippen molar-refractivity contribution in [3.8, 4) is 11.5 Å². The maximum atomic E-state index is 13.2. The molecule has 0 radical (unpaired) electrons. The van der Waals surface area contributed by atoms with E-state index >= 15 is 0 Å². The lowest BCUT2D eigenvalue weighted by Crippen LogP contribution is -2.49. The molecule has 33 heavy (non-hydrogen) atoms. The van der Waals surface area contributed by atoms with Gasteiger partial charge in [0.05, 0.1) is 13.7 Å². The highest BCUT2D eigenvalue weighted by Gasteiger charge is 2.28. The predicted molar refractivity (Wildman–Crippen MR) is 132 cm³/mol. The second-order valence-electron chi connectivity index (χ2n) is 8.34. The molecule has 2 aromatic carbocycles. The lowest BCUT2D eigenvalue weighted by Gasteiger charge is -2.31. The molecule has 180 valence electrons. The van der Waals surface area contributed by atoms with Crippen molar-refractivity contribution in [2.75, 3.05) is 20.3 Å². The third-order valence-electron chi connectivity index (χ3n) is 5.17. The largest absolute Gasteiger partial charge is 0.497 e. The Balaban J connectivity index is 2.07. The zero-order valence-electron chi connectivity index (χ0n) is 20.0. The summed E-state index contributed by atoms with van der Waals surface area (Å²) in [5.74, 6) is 1.55. The second-order valence-corrected chi connectivity index (χ2v) is 8.78. The van der Waals surface area contributed by atoms with Crippen molar-refractivity contribution in [3.05, 3.63) is 59.1 Å². The number of ether oxygens (including phenoxy) is 2. The van der Waals surface area contributed by atoms with Gasteiger partial charge in [0.1, 0.15) is 17.5 Å². The van der Waals surface area contributed by atoms with Crippen molar-refractivity contribution in [2.24, 2.45) is 5.92 Å². The summed E-state index contributed by atoms with van der Waals surface area (Å²) in [6, 6.07) is 14.1. The van der Waals surface area contributed by atoms with Gasteiger partial charge in [-0.25, -0.2) is 0 Å². The molecule has 0 saturated heterocycles. The highest BCUT2D eigenvalue weighted by Crippen LogP contribution is 2.19. The maximum Gasteiger partial charge on any atom is 0.242 e. The monoisotopic (exact) mass is 474 g/mol. The molecule has 0 aliphatic heterocycles. The summed E-state index contributed by atoms with van der Waals surface area (Å²) >= 11 is 5.90. The summed E-state index contributed by atoms with van der Waals surface area (Å²) in [7, 11) is 1.61. The molecule has 1 atom stereocenters. The van der Waals surface area contributed by atoms with Crippen molar-refractivity contribution in [1.29, 1.82) is 0 Å². The van der Waals surface area contributed by atoms with Gasteiger partial charge in [-0.2, -0.15) is 0 Å². The van der Waals surface area contributed by atoms with Gasteiger partial charge in [0, 0.05) is 24.5 Å². The number of methoxy groups -OCH3 is 1. The molecule has 0 aromatic heterocycles. The average Bonchev–Trinajstić information content (AvgIpc) is 2.81. The molecule has 1 N–H and O–H groups in total. The molecule has 2 amide bonds. The van der Waals surface area contributed by atoms with E-state index in [-0.39, 0.29) is 18.2 Å². The van der Waals surface area contributed by atoms with E-state index in [0.717, 1.165) is 5.56 Å². The van der Waals surface area contributed by atoms with Crippen LogP contribution in [0.5, 0.6) is 11.5 Å². The van der Waals surface area contributed by atoms with Gasteiger partial charge in [0.15, 0.2) is 0 Å². The number of carbonyl (C=O) groups is 2. The van der Waals surface area contributed by atoms with E-state index in [2.05, 4.69) is 5.32 Å². The van der Waals surface area contributed by atoms with Crippen LogP contribution in [0.4, 0.5) is 0 Å². The topological polar surface area (TPSA) is 67.9 Å². The summed E-state index contributed by atoms with van der Waals surface area (Å²) in [6.07, 6.45) is 1.35. The fourth-order valence-corrected chi connectivity index (χ4v) is 3.52. The summed E-state index contributed by atoms with van der Waals surface area (Å²) < 4.78 is 11.0. The number of hydrogen-bond donors (Lipinski definition) is 1. The van der Waals surface area contributed by atoms with E-state index < -0.39 is 6.04 Å². The van der Waals surface area contributed by atoms with Crippen LogP contribution in [-0.2, 0) is 16.1 Å². The fraction of sp³-hybridized carbons (Fsp3) is 0.462. The highest BCUT2D eigenvalue weighted by molar-refractivity contribution is 6.30. The highest BCUT2D eigenvalue weighted by atomic mass is 35.5. The van der Waals surface area contributed by atoms with Crippen molar-refractivity contribution >= 4 is 23.4 Å². The summed E-state index contributed by atoms with van der Waals surface area (Å²) in [4.78, 5) is 27.8. The SMILES string of the molecule is CCC(C(=O)NCC(C)C)N(Cc1cccc(OC)c1)C(=O)CCCOc1ccc(Cl)cc1. The van der Waals surface area contributed by atoms with E-state index in [1.165, 1.54) is 0 Å². The van der Waals surface area contributed by atoms with Gasteiger partial charge in [0.25, 0.3) is 0 Å². The van der Waals surface area contributed by atoms with E-state index in [1.54, 1.807) is 36.3 Å². The van der Waals surface area contributed by atoms with Crippen LogP contribution in [0.3, 0.4) is 0 Å². The van der Waals surface area contributed by atoms with E-state index in [1.807, 2.05) is 45.0 Å². The van der Waals surface area contributed by atoms with Crippen LogP contribution in [-0.4, -0.2) is 43.0 Å². The standard InChI is InChI=1S/C26H35ClN2O4/c1-5-24(26(31)28-17-19(2)3)29(18-20-8-6-9-23(16-20)32-4)25(30)10-7-15-33-22-13-11-21(27)12-14-22/h6,8-9,11-14,16,19,24H,5,7,10,15,17-18H2,1-4H3,(H,28,31). The molecule has 0 fully saturated rings. The van der Waals surface area contributed by atoms with Crippen LogP contribution in [0.1, 0.15) is 45.6 Å². The van der Waals surface area contributed by atoms with Gasteiger partial charge in [-0.1, -0.05) is 44.5 Å². The predicted octanol–water partition coefficient (Wildman–Crippen LogP) is 5.09. The van der Waals surface area contributed by atoms with Gasteiger partial charge >= 0.3 is 0 Å². The minimum Gasteiger partial charge on any atom is -0.497 e. The molecular weight excluding hydrogens is 440 g/mol. The Bertz CT molecular complexity index is 886. The molecule has 7 heteroatoms. The number of hydrogen-bond acceptors (Lipinski definition) is 4. The molecule has 2 aromatic rings. The summed E-state index contributed by atoms with van der Waals surface area (Å²) in [6.45, 7) is 7.32. The number of rotatable bonds is 13. The maximum absolute atomic E-state index is 13.2. The fourth-order valence-electron chi connectivity index (χ4n) is 3.40. The van der Waals surface area contributed by atoms with Crippen molar-refractivity contribution < 1.29 is 19.1 Å². The Morgan fingerprint density at radius 1 is 1.09 bits per heavy atom. The normalized spacial score (nSPS) is 11.7. The van der Waals surface area contributed by atoms with Crippen LogP contribution < -0.4 is 14.8 Å². The van der Waals surface area contributed by atoms with E-state index in [4.69, 9.17) is 21.1 Å². The van der Waals surface area contributed by atoms with Crippen molar-refractivity contribution in [2.45, 2.75) is 52.6 Å². The lowest BCUT2D eigenvalue weighted by atomic mass is 10.1. The molecule has 0 heterocycles. The van der Waals surface area contributed by atoms with Gasteiger partial charge < -0.3 is 19.7 Å². The first-order chi connectivity index (χ1) is 15.8. The summed E-state index contributed by atoms with van der Waals surface area (Å²) in [5, 5.41) is 3.62. The minimum absolute atomic E-state index is 0.0796. The van der Waals surface area contributed by atoms with Gasteiger partial charge in [-0.05, 0) is 60.7 Å². The quantitative estimate of drug-likeness (QED) is 0.411. The van der Waals surface area contributed by atoms with E-state index in [9.17, 15) is 9.59 Å². The second kappa shape index (κ2) is 13.7. The van der Waals surface area contributed by atoms with Crippen LogP contribution in [0.25, 0.3) is 0 Å². The number of amides is 2. The first kappa shape index (κ1) is 26.5. The molecule has 0 aliphatic carbocycles. The zero-order chi connectivity index (χ0) is 24.2. The molecular formula is C26H35ClN2O4. The Labute approximate surface area is 202 Å². The number of halogens is 1. The Kier molecular flexibility index (Phi) is 11.0. The Hall–Kier alpha value is -2.73. The number of nitrogens with one attached hydrogen (secondary N) is 1. The average molecular weight is 475 g/mol. The number of nitrogens with zero attached hydrogens (tertiary/aromatic N) is 1. The third kappa shape index (κ3) is 8.97. The molecule has 0 bridgehead atoms. The molecule has 0 aliphatic rings. The Morgan fingerprint density at radius 3 is 2.45 bits per heavy atom. The van der Waals surface area contributed by atoms with Gasteiger partial charge in [-0.15, -0.1) is 0 Å². The first-order valence-electron chi connectivity index (χ1n) is 11.4. The minimum atomic E-state index is -0.542. The third-order valence-corrected chi connectivity index (χ3v) is 5.43. The number of benzene rings is 2. The van der Waals surface area contributed by atoms with Crippen LogP contribution in [0.15, 0.2) is 48.5 Å². The zero-order valence-corrected chi connectivity index (χ0v) is 20.7. The lowest BCUT2D eigenvalue weighted by molar-refractivity contribution is -0.141. The smallest absolute Gasteiger partial charge is 0.242 e. The van der Waals surface area contributed by atoms with Crippen LogP contribution >= 0.6 is 11.6 Å². The van der Waals surface area contributed by atoms with E-state index in [0.29, 0.717) is 55.0 Å². The number of carbonyl (C=O) groups excluding carboxylic acids is 2. The molecule has 0 spiro atoms. The van der Waals surface area contributed by atoms with Crippen LogP contribution in [0, 0.1) is 5.92 Å². The summed E-state index contributed by atoms with van der Waals surface area (Å²) in [5.41, 5.74) is 0.912. The van der Waals surface area contributed by atoms with Crippen molar-refractivity contribution in [3.63, 3.8) is 0 Å². The van der Waals surface area contributed by atoms with Crippen LogP contribution in [0.2, 0.25) is 5.02 Å². The van der Waals surface area contributed by atoms with Gasteiger partial charge in [-0.3, -0.25) is 9.59 Å². The first-order valence-corrected chi connectivity index (χ1v) is 11.8. The molecule has 6 nitrogen and oxygen atoms in total. The molecule has 2 rings (SSSR count). The van der Waals surface area contributed by atoms with Crippen molar-refractivity contribution in [1.82, 2.24) is 10.2 Å². The molecule has 1 unspecified atom stereocenters. The Morgan fingerprint density at radius 2 is 1.82 bits per heavy atom.